The van der Waals surface area contributed by atoms with Gasteiger partial charge in [0.1, 0.15) is 5.75 Å². The fourth-order valence-corrected chi connectivity index (χ4v) is 5.09. The second kappa shape index (κ2) is 12.0. The minimum Gasteiger partial charge on any atom is -0.496 e. The number of likely N-dealkylation sites (tertiary alicyclic amines) is 1. The van der Waals surface area contributed by atoms with Gasteiger partial charge in [-0.05, 0) is 30.5 Å². The van der Waals surface area contributed by atoms with E-state index in [1.54, 1.807) is 18.0 Å². The summed E-state index contributed by atoms with van der Waals surface area (Å²) in [5.74, 6) is 0.219. The van der Waals surface area contributed by atoms with Gasteiger partial charge in [-0.3, -0.25) is 9.69 Å². The number of hydrogen-bond acceptors (Lipinski definition) is 7. The van der Waals surface area contributed by atoms with Gasteiger partial charge in [0, 0.05) is 42.3 Å². The van der Waals surface area contributed by atoms with E-state index in [1.165, 1.54) is 18.1 Å². The van der Waals surface area contributed by atoms with E-state index in [0.29, 0.717) is 26.1 Å². The summed E-state index contributed by atoms with van der Waals surface area (Å²) < 4.78 is 11.9. The van der Waals surface area contributed by atoms with Crippen molar-refractivity contribution in [1.29, 1.82) is 0 Å². The number of nitrogens with one attached hydrogen (secondary N) is 2. The van der Waals surface area contributed by atoms with Gasteiger partial charge in [0.25, 0.3) is 0 Å². The number of aromatic nitrogens is 4. The number of methoxy groups -OCH3 is 2. The van der Waals surface area contributed by atoms with Crippen molar-refractivity contribution in [2.45, 2.75) is 24.9 Å². The summed E-state index contributed by atoms with van der Waals surface area (Å²) >= 11 is 0. The van der Waals surface area contributed by atoms with E-state index in [4.69, 9.17) is 9.47 Å². The molecular weight excluding hydrogens is 496 g/mol. The van der Waals surface area contributed by atoms with E-state index < -0.39 is 5.97 Å². The molecule has 5 rings (SSSR count). The standard InChI is InChI=1S/C29H32N6O4/c1-38-27-12-6-3-8-20(27)9-7-15-34-18-22(35-19-25(32-33-35)29(37)39-2)16-26(34)28(36)30-14-13-21-17-31-24-11-5-4-10-23(21)24/h3-12,17,19,22,26,31H,13-16,18H2,1-2H3,(H,30,36)/t22-,26-/m0/s1. The molecule has 10 nitrogen and oxygen atoms in total. The first-order valence-corrected chi connectivity index (χ1v) is 12.9. The van der Waals surface area contributed by atoms with E-state index in [9.17, 15) is 9.59 Å². The topological polar surface area (TPSA) is 114 Å². The molecular formula is C29H32N6O4. The Bertz CT molecular complexity index is 1480. The fourth-order valence-electron chi connectivity index (χ4n) is 5.09. The summed E-state index contributed by atoms with van der Waals surface area (Å²) in [6, 6.07) is 15.5. The van der Waals surface area contributed by atoms with Crippen LogP contribution in [0.2, 0.25) is 0 Å². The van der Waals surface area contributed by atoms with E-state index in [1.807, 2.05) is 60.8 Å². The van der Waals surface area contributed by atoms with Crippen LogP contribution >= 0.6 is 0 Å². The Morgan fingerprint density at radius 3 is 2.82 bits per heavy atom. The maximum atomic E-state index is 13.4. The molecule has 1 fully saturated rings. The lowest BCUT2D eigenvalue weighted by molar-refractivity contribution is -0.125. The molecule has 202 valence electrons. The second-order valence-corrected chi connectivity index (χ2v) is 9.48. The van der Waals surface area contributed by atoms with E-state index in [0.717, 1.165) is 23.3 Å². The predicted octanol–water partition coefficient (Wildman–Crippen LogP) is 3.24. The highest BCUT2D eigenvalue weighted by atomic mass is 16.5. The maximum Gasteiger partial charge on any atom is 0.360 e. The lowest BCUT2D eigenvalue weighted by Crippen LogP contribution is -2.43. The summed E-state index contributed by atoms with van der Waals surface area (Å²) in [4.78, 5) is 30.7. The van der Waals surface area contributed by atoms with Gasteiger partial charge in [-0.15, -0.1) is 5.10 Å². The van der Waals surface area contributed by atoms with Crippen LogP contribution in [0.15, 0.2) is 67.0 Å². The van der Waals surface area contributed by atoms with Gasteiger partial charge in [-0.25, -0.2) is 9.48 Å². The largest absolute Gasteiger partial charge is 0.496 e. The van der Waals surface area contributed by atoms with Crippen molar-refractivity contribution in [2.24, 2.45) is 0 Å². The van der Waals surface area contributed by atoms with Crippen LogP contribution in [-0.4, -0.2) is 76.6 Å². The Labute approximate surface area is 226 Å². The summed E-state index contributed by atoms with van der Waals surface area (Å²) in [6.45, 7) is 1.68. The van der Waals surface area contributed by atoms with Crippen molar-refractivity contribution in [1.82, 2.24) is 30.2 Å². The Morgan fingerprint density at radius 1 is 1.15 bits per heavy atom. The number of aromatic amines is 1. The lowest BCUT2D eigenvalue weighted by atomic mass is 10.1. The third kappa shape index (κ3) is 5.85. The van der Waals surface area contributed by atoms with Crippen LogP contribution < -0.4 is 10.1 Å². The molecule has 2 N–H and O–H groups in total. The molecule has 1 saturated heterocycles. The van der Waals surface area contributed by atoms with Crippen LogP contribution in [0.3, 0.4) is 0 Å². The molecule has 1 aliphatic rings. The normalized spacial score (nSPS) is 17.6. The number of rotatable bonds is 10. The molecule has 3 heterocycles. The highest BCUT2D eigenvalue weighted by Crippen LogP contribution is 2.28. The lowest BCUT2D eigenvalue weighted by Gasteiger charge is -2.22. The third-order valence-electron chi connectivity index (χ3n) is 7.11. The molecule has 2 aromatic carbocycles. The van der Waals surface area contributed by atoms with Crippen LogP contribution in [0.4, 0.5) is 0 Å². The molecule has 39 heavy (non-hydrogen) atoms. The molecule has 0 aliphatic carbocycles. The van der Waals surface area contributed by atoms with Crippen molar-refractivity contribution in [3.05, 3.63) is 83.8 Å². The molecule has 10 heteroatoms. The highest BCUT2D eigenvalue weighted by molar-refractivity contribution is 5.86. The summed E-state index contributed by atoms with van der Waals surface area (Å²) in [5.41, 5.74) is 3.37. The highest BCUT2D eigenvalue weighted by Gasteiger charge is 2.37. The van der Waals surface area contributed by atoms with Crippen LogP contribution in [-0.2, 0) is 16.0 Å². The number of amides is 1. The van der Waals surface area contributed by atoms with Crippen molar-refractivity contribution >= 4 is 28.9 Å². The Balaban J connectivity index is 1.27. The van der Waals surface area contributed by atoms with Crippen LogP contribution in [0.5, 0.6) is 5.75 Å². The number of ether oxygens (including phenoxy) is 2. The van der Waals surface area contributed by atoms with Gasteiger partial charge in [-0.1, -0.05) is 53.8 Å². The Kier molecular flexibility index (Phi) is 8.02. The molecule has 0 unspecified atom stereocenters. The molecule has 0 bridgehead atoms. The van der Waals surface area contributed by atoms with Gasteiger partial charge >= 0.3 is 5.97 Å². The van der Waals surface area contributed by atoms with E-state index in [2.05, 4.69) is 31.6 Å². The monoisotopic (exact) mass is 528 g/mol. The number of carbonyl (C=O) groups is 2. The van der Waals surface area contributed by atoms with Crippen LogP contribution in [0, 0.1) is 0 Å². The average molecular weight is 529 g/mol. The number of para-hydroxylation sites is 2. The number of nitrogens with zero attached hydrogens (tertiary/aromatic N) is 4. The van der Waals surface area contributed by atoms with Crippen molar-refractivity contribution in [2.75, 3.05) is 33.9 Å². The predicted molar refractivity (Wildman–Crippen MR) is 147 cm³/mol. The molecule has 0 spiro atoms. The number of hydrogen-bond donors (Lipinski definition) is 2. The molecule has 1 aliphatic heterocycles. The van der Waals surface area contributed by atoms with Gasteiger partial charge < -0.3 is 19.8 Å². The number of fused-ring (bicyclic) bond motifs is 1. The van der Waals surface area contributed by atoms with Gasteiger partial charge in [0.2, 0.25) is 5.91 Å². The second-order valence-electron chi connectivity index (χ2n) is 9.48. The number of esters is 1. The maximum absolute atomic E-state index is 13.4. The van der Waals surface area contributed by atoms with Crippen LogP contribution in [0.25, 0.3) is 17.0 Å². The molecule has 4 aromatic rings. The number of carbonyl (C=O) groups excluding carboxylic acids is 2. The molecule has 2 aromatic heterocycles. The smallest absolute Gasteiger partial charge is 0.360 e. The zero-order chi connectivity index (χ0) is 27.2. The SMILES string of the molecule is COC(=O)c1cn([C@H]2C[C@@H](C(=O)NCCc3c[nH]c4ccccc34)N(CC=Cc3ccccc3OC)C2)nn1. The third-order valence-corrected chi connectivity index (χ3v) is 7.11. The molecule has 2 atom stereocenters. The van der Waals surface area contributed by atoms with E-state index >= 15 is 0 Å². The van der Waals surface area contributed by atoms with Gasteiger partial charge in [0.05, 0.1) is 32.5 Å². The zero-order valence-electron chi connectivity index (χ0n) is 22.0. The summed E-state index contributed by atoms with van der Waals surface area (Å²) in [6.07, 6.45) is 8.89. The quantitative estimate of drug-likeness (QED) is 0.304. The minimum atomic E-state index is -0.539. The molecule has 0 radical (unpaired) electrons. The summed E-state index contributed by atoms with van der Waals surface area (Å²) in [5, 5.41) is 12.4. The van der Waals surface area contributed by atoms with Gasteiger partial charge in [-0.2, -0.15) is 0 Å². The zero-order valence-corrected chi connectivity index (χ0v) is 22.0. The van der Waals surface area contributed by atoms with Crippen molar-refractivity contribution < 1.29 is 19.1 Å². The molecule has 0 saturated carbocycles. The van der Waals surface area contributed by atoms with Crippen molar-refractivity contribution in [3.63, 3.8) is 0 Å². The average Bonchev–Trinajstić information content (AvgIpc) is 3.72. The molecule has 1 amide bonds. The first kappa shape index (κ1) is 26.2. The van der Waals surface area contributed by atoms with E-state index in [-0.39, 0.29) is 23.7 Å². The Hall–Kier alpha value is -4.44. The first-order valence-electron chi connectivity index (χ1n) is 12.9. The Morgan fingerprint density at radius 2 is 1.97 bits per heavy atom. The minimum absolute atomic E-state index is 0.0312. The van der Waals surface area contributed by atoms with Crippen LogP contribution in [0.1, 0.15) is 34.1 Å². The number of H-pyrrole nitrogens is 1. The summed E-state index contributed by atoms with van der Waals surface area (Å²) in [7, 11) is 2.96. The first-order chi connectivity index (χ1) is 19.1. The fraction of sp³-hybridized carbons (Fsp3) is 0.310. The number of benzene rings is 2. The van der Waals surface area contributed by atoms with Gasteiger partial charge in [0.15, 0.2) is 5.69 Å². The van der Waals surface area contributed by atoms with Crippen molar-refractivity contribution in [3.8, 4) is 5.75 Å².